The maximum absolute atomic E-state index is 14.0. The van der Waals surface area contributed by atoms with E-state index in [9.17, 15) is 9.18 Å². The first-order valence-corrected chi connectivity index (χ1v) is 9.99. The molecule has 1 aromatic heterocycles. The Morgan fingerprint density at radius 2 is 1.78 bits per heavy atom. The molecule has 1 amide bonds. The minimum absolute atomic E-state index is 0.00932. The van der Waals surface area contributed by atoms with E-state index < -0.39 is 0 Å². The van der Waals surface area contributed by atoms with E-state index in [4.69, 9.17) is 24.5 Å². The Hall–Kier alpha value is -3.37. The summed E-state index contributed by atoms with van der Waals surface area (Å²) in [5.41, 5.74) is 1.33. The molecule has 0 unspecified atom stereocenters. The van der Waals surface area contributed by atoms with Crippen molar-refractivity contribution in [1.82, 2.24) is 14.8 Å². The number of aromatic nitrogens is 1. The molecular formula is C22H26FN3O6. The number of carbonyl (C=O) groups is 3. The lowest BCUT2D eigenvalue weighted by molar-refractivity contribution is -0.123. The van der Waals surface area contributed by atoms with E-state index in [0.29, 0.717) is 37.4 Å². The summed E-state index contributed by atoms with van der Waals surface area (Å²) in [6, 6.07) is 10.3. The fourth-order valence-electron chi connectivity index (χ4n) is 3.86. The van der Waals surface area contributed by atoms with Gasteiger partial charge in [-0.2, -0.15) is 0 Å². The van der Waals surface area contributed by atoms with Gasteiger partial charge in [0, 0.05) is 49.7 Å². The predicted molar refractivity (Wildman–Crippen MR) is 112 cm³/mol. The largest absolute Gasteiger partial charge is 0.483 e. The van der Waals surface area contributed by atoms with Gasteiger partial charge in [0.1, 0.15) is 5.82 Å². The van der Waals surface area contributed by atoms with Crippen LogP contribution in [-0.4, -0.2) is 82.2 Å². The summed E-state index contributed by atoms with van der Waals surface area (Å²) in [7, 11) is 0. The summed E-state index contributed by atoms with van der Waals surface area (Å²) in [6.45, 7) is 2.72. The van der Waals surface area contributed by atoms with Crippen molar-refractivity contribution >= 4 is 18.9 Å². The highest BCUT2D eigenvalue weighted by molar-refractivity contribution is 5.94. The average molecular weight is 447 g/mol. The van der Waals surface area contributed by atoms with Crippen molar-refractivity contribution in [3.05, 3.63) is 65.7 Å². The molecule has 10 heteroatoms. The number of fused-ring (bicyclic) bond motifs is 1. The first kappa shape index (κ1) is 24.9. The Balaban J connectivity index is 0.000000547. The lowest BCUT2D eigenvalue weighted by atomic mass is 9.97. The number of carboxylic acid groups (broad SMARTS) is 2. The van der Waals surface area contributed by atoms with Crippen molar-refractivity contribution in [3.63, 3.8) is 0 Å². The van der Waals surface area contributed by atoms with Crippen molar-refractivity contribution in [2.24, 2.45) is 0 Å². The highest BCUT2D eigenvalue weighted by Gasteiger charge is 2.39. The normalized spacial score (nSPS) is 19.8. The lowest BCUT2D eigenvalue weighted by Gasteiger charge is -2.47. The van der Waals surface area contributed by atoms with Gasteiger partial charge in [-0.05, 0) is 24.6 Å². The molecule has 0 saturated carbocycles. The predicted octanol–water partition coefficient (Wildman–Crippen LogP) is 1.74. The Bertz CT molecular complexity index is 864. The summed E-state index contributed by atoms with van der Waals surface area (Å²) < 4.78 is 19.9. The molecule has 4 rings (SSSR count). The van der Waals surface area contributed by atoms with E-state index in [-0.39, 0.29) is 36.8 Å². The molecule has 0 bridgehead atoms. The second-order valence-electron chi connectivity index (χ2n) is 7.04. The number of nitrogens with zero attached hydrogens (tertiary/aromatic N) is 3. The standard InChI is InChI=1S/C20H22FN3O2.2CH2O2/c21-17-4-2-1-3-16(17)13-23-10-7-19-18(14-23)24(11-12-26-19)20(25)15-5-8-22-9-6-15;2*2-1-3/h1-6,8-9,18-19H,7,10-14H2;2*1H,(H,2,3)/t18-,19-;;/m0../s1. The van der Waals surface area contributed by atoms with Crippen LogP contribution in [0.3, 0.4) is 0 Å². The third kappa shape index (κ3) is 6.82. The van der Waals surface area contributed by atoms with Gasteiger partial charge in [-0.1, -0.05) is 18.2 Å². The molecule has 0 aliphatic carbocycles. The fourth-order valence-corrected chi connectivity index (χ4v) is 3.86. The van der Waals surface area contributed by atoms with E-state index >= 15 is 0 Å². The van der Waals surface area contributed by atoms with Crippen molar-refractivity contribution in [3.8, 4) is 0 Å². The van der Waals surface area contributed by atoms with Crippen LogP contribution < -0.4 is 0 Å². The molecule has 1 aromatic carbocycles. The minimum atomic E-state index is -0.250. The number of ether oxygens (including phenoxy) is 1. The highest BCUT2D eigenvalue weighted by Crippen LogP contribution is 2.26. The second-order valence-corrected chi connectivity index (χ2v) is 7.04. The molecule has 9 nitrogen and oxygen atoms in total. The number of halogens is 1. The molecule has 2 N–H and O–H groups in total. The number of hydrogen-bond acceptors (Lipinski definition) is 6. The summed E-state index contributed by atoms with van der Waals surface area (Å²) >= 11 is 0. The number of pyridine rings is 1. The number of hydrogen-bond donors (Lipinski definition) is 2. The zero-order valence-electron chi connectivity index (χ0n) is 17.4. The van der Waals surface area contributed by atoms with Crippen LogP contribution in [0.15, 0.2) is 48.8 Å². The summed E-state index contributed by atoms with van der Waals surface area (Å²) in [5.74, 6) is -0.169. The number of rotatable bonds is 3. The topological polar surface area (TPSA) is 120 Å². The van der Waals surface area contributed by atoms with Gasteiger partial charge in [0.25, 0.3) is 18.9 Å². The second kappa shape index (κ2) is 13.1. The van der Waals surface area contributed by atoms with E-state index in [1.54, 1.807) is 30.6 Å². The molecule has 32 heavy (non-hydrogen) atoms. The Morgan fingerprint density at radius 3 is 2.44 bits per heavy atom. The van der Waals surface area contributed by atoms with Crippen LogP contribution in [0.25, 0.3) is 0 Å². The smallest absolute Gasteiger partial charge is 0.290 e. The van der Waals surface area contributed by atoms with Gasteiger partial charge >= 0.3 is 0 Å². The lowest BCUT2D eigenvalue weighted by Crippen LogP contribution is -2.61. The highest BCUT2D eigenvalue weighted by atomic mass is 19.1. The van der Waals surface area contributed by atoms with Crippen LogP contribution in [0.2, 0.25) is 0 Å². The Kier molecular flexibility index (Phi) is 10.2. The van der Waals surface area contributed by atoms with E-state index in [1.165, 1.54) is 6.07 Å². The summed E-state index contributed by atoms with van der Waals surface area (Å²) in [5, 5.41) is 13.8. The van der Waals surface area contributed by atoms with E-state index in [2.05, 4.69) is 9.88 Å². The zero-order chi connectivity index (χ0) is 23.3. The monoisotopic (exact) mass is 447 g/mol. The molecule has 2 aromatic rings. The van der Waals surface area contributed by atoms with Crippen molar-refractivity contribution in [2.45, 2.75) is 25.1 Å². The van der Waals surface area contributed by atoms with Gasteiger partial charge in [0.15, 0.2) is 0 Å². The van der Waals surface area contributed by atoms with Crippen LogP contribution in [0, 0.1) is 5.82 Å². The number of benzene rings is 1. The average Bonchev–Trinajstić information content (AvgIpc) is 2.81. The molecule has 2 atom stereocenters. The minimum Gasteiger partial charge on any atom is -0.483 e. The van der Waals surface area contributed by atoms with E-state index in [0.717, 1.165) is 13.0 Å². The fraction of sp³-hybridized carbons (Fsp3) is 0.364. The summed E-state index contributed by atoms with van der Waals surface area (Å²) in [6.07, 6.45) is 4.16. The van der Waals surface area contributed by atoms with Crippen molar-refractivity contribution < 1.29 is 33.7 Å². The van der Waals surface area contributed by atoms with Gasteiger partial charge in [-0.3, -0.25) is 24.3 Å². The third-order valence-corrected chi connectivity index (χ3v) is 5.21. The van der Waals surface area contributed by atoms with Crippen LogP contribution in [-0.2, 0) is 20.9 Å². The Labute approximate surface area is 185 Å². The van der Waals surface area contributed by atoms with Crippen LogP contribution in [0.4, 0.5) is 4.39 Å². The van der Waals surface area contributed by atoms with Crippen LogP contribution >= 0.6 is 0 Å². The molecule has 2 saturated heterocycles. The van der Waals surface area contributed by atoms with Crippen LogP contribution in [0.5, 0.6) is 0 Å². The number of likely N-dealkylation sites (tertiary alicyclic amines) is 1. The Morgan fingerprint density at radius 1 is 1.12 bits per heavy atom. The van der Waals surface area contributed by atoms with Gasteiger partial charge < -0.3 is 19.8 Å². The van der Waals surface area contributed by atoms with Crippen molar-refractivity contribution in [1.29, 1.82) is 0 Å². The first-order chi connectivity index (χ1) is 15.5. The maximum atomic E-state index is 14.0. The molecule has 2 aliphatic heterocycles. The molecule has 3 heterocycles. The number of carbonyl (C=O) groups excluding carboxylic acids is 1. The van der Waals surface area contributed by atoms with Crippen molar-refractivity contribution in [2.75, 3.05) is 26.2 Å². The van der Waals surface area contributed by atoms with Crippen LogP contribution in [0.1, 0.15) is 22.3 Å². The molecule has 0 radical (unpaired) electrons. The SMILES string of the molecule is O=C(c1ccncc1)N1CCO[C@H]2CCN(Cc3ccccc3F)C[C@@H]21.O=CO.O=CO. The van der Waals surface area contributed by atoms with Gasteiger partial charge in [-0.25, -0.2) is 4.39 Å². The van der Waals surface area contributed by atoms with Gasteiger partial charge in [-0.15, -0.1) is 0 Å². The summed E-state index contributed by atoms with van der Waals surface area (Å²) in [4.78, 5) is 37.8. The van der Waals surface area contributed by atoms with E-state index in [1.807, 2.05) is 17.0 Å². The van der Waals surface area contributed by atoms with Gasteiger partial charge in [0.05, 0.1) is 18.8 Å². The zero-order valence-corrected chi connectivity index (χ0v) is 17.4. The quantitative estimate of drug-likeness (QED) is 0.683. The molecule has 2 aliphatic rings. The maximum Gasteiger partial charge on any atom is 0.290 e. The molecule has 2 fully saturated rings. The first-order valence-electron chi connectivity index (χ1n) is 9.99. The number of morpholine rings is 1. The number of piperidine rings is 1. The molecule has 0 spiro atoms. The van der Waals surface area contributed by atoms with Gasteiger partial charge in [0.2, 0.25) is 0 Å². The molecule has 172 valence electrons. The molecular weight excluding hydrogens is 421 g/mol. The number of amides is 1. The third-order valence-electron chi connectivity index (χ3n) is 5.21.